The van der Waals surface area contributed by atoms with Gasteiger partial charge in [0.25, 0.3) is 0 Å². The number of aliphatic imine (C=N–C) groups is 1. The predicted molar refractivity (Wildman–Crippen MR) is 102 cm³/mol. The van der Waals surface area contributed by atoms with Crippen LogP contribution in [0.15, 0.2) is 29.3 Å². The molecule has 0 spiro atoms. The average Bonchev–Trinajstić information content (AvgIpc) is 2.55. The molecule has 0 saturated heterocycles. The summed E-state index contributed by atoms with van der Waals surface area (Å²) in [6.45, 7) is 7.99. The zero-order valence-corrected chi connectivity index (χ0v) is 15.7. The van der Waals surface area contributed by atoms with Crippen LogP contribution in [0.1, 0.15) is 52.0 Å². The number of rotatable bonds is 5. The maximum Gasteiger partial charge on any atom is 0.191 e. The average molecular weight is 352 g/mol. The summed E-state index contributed by atoms with van der Waals surface area (Å²) in [6, 6.07) is 8.39. The van der Waals surface area contributed by atoms with Gasteiger partial charge in [0.2, 0.25) is 0 Å². The molecule has 134 valence electrons. The molecule has 0 atom stereocenters. The van der Waals surface area contributed by atoms with E-state index in [0.717, 1.165) is 43.2 Å². The topological polar surface area (TPSA) is 56.7 Å². The first-order chi connectivity index (χ1) is 11.4. The minimum Gasteiger partial charge on any atom is -0.393 e. The fraction of sp³-hybridized carbons (Fsp3) is 0.632. The van der Waals surface area contributed by atoms with Crippen molar-refractivity contribution in [1.82, 2.24) is 10.6 Å². The molecule has 0 bridgehead atoms. The fourth-order valence-corrected chi connectivity index (χ4v) is 3.13. The Balaban J connectivity index is 1.99. The number of guanidine groups is 1. The van der Waals surface area contributed by atoms with Crippen LogP contribution in [-0.4, -0.2) is 36.3 Å². The molecule has 1 saturated carbocycles. The summed E-state index contributed by atoms with van der Waals surface area (Å²) in [7, 11) is 0. The van der Waals surface area contributed by atoms with Crippen molar-refractivity contribution in [3.63, 3.8) is 0 Å². The smallest absolute Gasteiger partial charge is 0.191 e. The van der Waals surface area contributed by atoms with Crippen LogP contribution < -0.4 is 10.6 Å². The van der Waals surface area contributed by atoms with Gasteiger partial charge in [-0.25, -0.2) is 0 Å². The van der Waals surface area contributed by atoms with Gasteiger partial charge in [0.15, 0.2) is 5.96 Å². The summed E-state index contributed by atoms with van der Waals surface area (Å²) in [5, 5.41) is 17.2. The maximum atomic E-state index is 9.64. The standard InChI is InChI=1S/C19H30ClN3O/c1-4-21-18(23-16-9-11-17(24)12-10-16)22-13-19(2,3)14-5-7-15(20)8-6-14/h5-8,16-17,24H,4,9-13H2,1-3H3,(H2,21,22,23). The van der Waals surface area contributed by atoms with Crippen LogP contribution in [0.3, 0.4) is 0 Å². The molecule has 1 aliphatic carbocycles. The second-order valence-electron chi connectivity index (χ2n) is 7.24. The van der Waals surface area contributed by atoms with Gasteiger partial charge in [-0.15, -0.1) is 0 Å². The summed E-state index contributed by atoms with van der Waals surface area (Å²) < 4.78 is 0. The van der Waals surface area contributed by atoms with Crippen LogP contribution in [0.4, 0.5) is 0 Å². The highest BCUT2D eigenvalue weighted by Gasteiger charge is 2.22. The molecular formula is C19H30ClN3O. The van der Waals surface area contributed by atoms with Crippen molar-refractivity contribution >= 4 is 17.6 Å². The molecule has 0 heterocycles. The minimum atomic E-state index is -0.133. The lowest BCUT2D eigenvalue weighted by Gasteiger charge is -2.28. The second-order valence-corrected chi connectivity index (χ2v) is 7.67. The molecular weight excluding hydrogens is 322 g/mol. The highest BCUT2D eigenvalue weighted by atomic mass is 35.5. The Hall–Kier alpha value is -1.26. The molecule has 0 radical (unpaired) electrons. The number of hydrogen-bond donors (Lipinski definition) is 3. The van der Waals surface area contributed by atoms with Crippen LogP contribution in [0.5, 0.6) is 0 Å². The van der Waals surface area contributed by atoms with Crippen molar-refractivity contribution in [3.8, 4) is 0 Å². The Kier molecular flexibility index (Phi) is 6.93. The normalized spacial score (nSPS) is 22.3. The first-order valence-electron chi connectivity index (χ1n) is 8.89. The molecule has 3 N–H and O–H groups in total. The van der Waals surface area contributed by atoms with E-state index in [1.807, 2.05) is 12.1 Å². The van der Waals surface area contributed by atoms with Gasteiger partial charge >= 0.3 is 0 Å². The van der Waals surface area contributed by atoms with Gasteiger partial charge in [-0.1, -0.05) is 37.6 Å². The third-order valence-corrected chi connectivity index (χ3v) is 4.89. The highest BCUT2D eigenvalue weighted by Crippen LogP contribution is 2.25. The number of nitrogens with one attached hydrogen (secondary N) is 2. The van der Waals surface area contributed by atoms with Gasteiger partial charge < -0.3 is 15.7 Å². The van der Waals surface area contributed by atoms with Crippen molar-refractivity contribution in [2.75, 3.05) is 13.1 Å². The minimum absolute atomic E-state index is 0.0598. The Bertz CT molecular complexity index is 534. The third kappa shape index (κ3) is 5.67. The number of aliphatic hydroxyl groups is 1. The zero-order chi connectivity index (χ0) is 17.6. The van der Waals surface area contributed by atoms with Crippen LogP contribution in [0.2, 0.25) is 5.02 Å². The van der Waals surface area contributed by atoms with Crippen molar-refractivity contribution in [3.05, 3.63) is 34.9 Å². The summed E-state index contributed by atoms with van der Waals surface area (Å²) in [4.78, 5) is 4.80. The number of benzene rings is 1. The Morgan fingerprint density at radius 2 is 1.83 bits per heavy atom. The zero-order valence-electron chi connectivity index (χ0n) is 15.0. The Morgan fingerprint density at radius 3 is 2.42 bits per heavy atom. The van der Waals surface area contributed by atoms with E-state index in [4.69, 9.17) is 16.6 Å². The molecule has 1 aromatic rings. The molecule has 5 heteroatoms. The molecule has 24 heavy (non-hydrogen) atoms. The van der Waals surface area contributed by atoms with Gasteiger partial charge in [-0.05, 0) is 50.3 Å². The first-order valence-corrected chi connectivity index (χ1v) is 9.27. The number of aliphatic hydroxyl groups excluding tert-OH is 1. The number of hydrogen-bond acceptors (Lipinski definition) is 2. The summed E-state index contributed by atoms with van der Waals surface area (Å²) >= 11 is 5.98. The van der Waals surface area contributed by atoms with Gasteiger partial charge in [0.05, 0.1) is 12.6 Å². The fourth-order valence-electron chi connectivity index (χ4n) is 3.00. The van der Waals surface area contributed by atoms with E-state index < -0.39 is 0 Å². The molecule has 1 aliphatic rings. The molecule has 1 fully saturated rings. The van der Waals surface area contributed by atoms with Crippen molar-refractivity contribution in [2.45, 2.75) is 64.0 Å². The molecule has 0 aromatic heterocycles. The van der Waals surface area contributed by atoms with E-state index in [0.29, 0.717) is 12.6 Å². The van der Waals surface area contributed by atoms with Gasteiger partial charge in [-0.3, -0.25) is 4.99 Å². The van der Waals surface area contributed by atoms with Crippen LogP contribution >= 0.6 is 11.6 Å². The summed E-state index contributed by atoms with van der Waals surface area (Å²) in [5.74, 6) is 0.862. The van der Waals surface area contributed by atoms with Crippen LogP contribution in [-0.2, 0) is 5.41 Å². The highest BCUT2D eigenvalue weighted by molar-refractivity contribution is 6.30. The van der Waals surface area contributed by atoms with E-state index in [9.17, 15) is 5.11 Å². The summed E-state index contributed by atoms with van der Waals surface area (Å²) in [5.41, 5.74) is 1.17. The molecule has 4 nitrogen and oxygen atoms in total. The predicted octanol–water partition coefficient (Wildman–Crippen LogP) is 3.48. The quantitative estimate of drug-likeness (QED) is 0.562. The maximum absolute atomic E-state index is 9.64. The second kappa shape index (κ2) is 8.72. The van der Waals surface area contributed by atoms with E-state index in [1.165, 1.54) is 5.56 Å². The molecule has 2 rings (SSSR count). The van der Waals surface area contributed by atoms with Crippen molar-refractivity contribution in [1.29, 1.82) is 0 Å². The molecule has 1 aromatic carbocycles. The third-order valence-electron chi connectivity index (χ3n) is 4.64. The number of halogens is 1. The van der Waals surface area contributed by atoms with E-state index in [2.05, 4.69) is 43.5 Å². The monoisotopic (exact) mass is 351 g/mol. The molecule has 0 unspecified atom stereocenters. The van der Waals surface area contributed by atoms with Crippen molar-refractivity contribution < 1.29 is 5.11 Å². The SMILES string of the molecule is CCNC(=NCC(C)(C)c1ccc(Cl)cc1)NC1CCC(O)CC1. The van der Waals surface area contributed by atoms with E-state index >= 15 is 0 Å². The largest absolute Gasteiger partial charge is 0.393 e. The first kappa shape index (κ1) is 19.1. The summed E-state index contributed by atoms with van der Waals surface area (Å²) in [6.07, 6.45) is 3.59. The molecule has 0 amide bonds. The molecule has 0 aliphatic heterocycles. The van der Waals surface area contributed by atoms with Crippen LogP contribution in [0.25, 0.3) is 0 Å². The Morgan fingerprint density at radius 1 is 1.21 bits per heavy atom. The van der Waals surface area contributed by atoms with E-state index in [-0.39, 0.29) is 11.5 Å². The van der Waals surface area contributed by atoms with Gasteiger partial charge in [-0.2, -0.15) is 0 Å². The number of nitrogens with zero attached hydrogens (tertiary/aromatic N) is 1. The van der Waals surface area contributed by atoms with Crippen LogP contribution in [0, 0.1) is 0 Å². The lowest BCUT2D eigenvalue weighted by Crippen LogP contribution is -2.45. The van der Waals surface area contributed by atoms with Gasteiger partial charge in [0.1, 0.15) is 0 Å². The van der Waals surface area contributed by atoms with Crippen molar-refractivity contribution in [2.24, 2.45) is 4.99 Å². The van der Waals surface area contributed by atoms with E-state index in [1.54, 1.807) is 0 Å². The van der Waals surface area contributed by atoms with Gasteiger partial charge in [0, 0.05) is 23.0 Å². The Labute approximate surface area is 150 Å². The lowest BCUT2D eigenvalue weighted by molar-refractivity contribution is 0.120. The lowest BCUT2D eigenvalue weighted by atomic mass is 9.85.